The van der Waals surface area contributed by atoms with E-state index in [1.807, 2.05) is 43.3 Å². The molecule has 0 aliphatic heterocycles. The lowest BCUT2D eigenvalue weighted by molar-refractivity contribution is -0.129. The van der Waals surface area contributed by atoms with Crippen molar-refractivity contribution in [3.63, 3.8) is 0 Å². The normalized spacial score (nSPS) is 11.4. The van der Waals surface area contributed by atoms with E-state index < -0.39 is 31.3 Å². The average molecular weight is 384 g/mol. The van der Waals surface area contributed by atoms with E-state index in [2.05, 4.69) is 10.6 Å². The Morgan fingerprint density at radius 3 is 2.43 bits per heavy atom. The summed E-state index contributed by atoms with van der Waals surface area (Å²) in [6.45, 7) is 2.22. The molecule has 1 atom stereocenters. The molecule has 2 amide bonds. The summed E-state index contributed by atoms with van der Waals surface area (Å²) in [5.74, 6) is -1.25. The highest BCUT2D eigenvalue weighted by Gasteiger charge is 2.26. The fraction of sp³-hybridized carbons (Fsp3) is 0.300. The monoisotopic (exact) mass is 384 g/mol. The van der Waals surface area contributed by atoms with Gasteiger partial charge in [0.25, 0.3) is 0 Å². The van der Waals surface area contributed by atoms with Gasteiger partial charge in [0.2, 0.25) is 11.8 Å². The van der Waals surface area contributed by atoms with Crippen molar-refractivity contribution in [3.8, 4) is 5.75 Å². The fourth-order valence-corrected chi connectivity index (χ4v) is 2.66. The maximum absolute atomic E-state index is 12.1. The minimum Gasteiger partial charge on any atom is -0.497 e. The van der Waals surface area contributed by atoms with Gasteiger partial charge in [0.05, 0.1) is 13.1 Å². The van der Waals surface area contributed by atoms with E-state index in [1.165, 1.54) is 0 Å². The third-order valence-electron chi connectivity index (χ3n) is 4.23. The van der Waals surface area contributed by atoms with Gasteiger partial charge in [0.15, 0.2) is 0 Å². The molecule has 0 heterocycles. The number of ether oxygens (including phenoxy) is 1. The van der Waals surface area contributed by atoms with Crippen LogP contribution in [0.15, 0.2) is 48.5 Å². The minimum absolute atomic E-state index is 0.245. The smallest absolute Gasteiger partial charge is 0.475 e. The van der Waals surface area contributed by atoms with Crippen LogP contribution in [0.5, 0.6) is 5.75 Å². The van der Waals surface area contributed by atoms with Gasteiger partial charge in [0, 0.05) is 6.54 Å². The lowest BCUT2D eigenvalue weighted by atomic mass is 9.76. The minimum atomic E-state index is -1.73. The number of nitrogens with one attached hydrogen (secondary N) is 2. The second-order valence-electron chi connectivity index (χ2n) is 6.58. The van der Waals surface area contributed by atoms with E-state index in [9.17, 15) is 19.6 Å². The number of aryl methyl sites for hydroxylation is 1. The SMILES string of the molecule is COc1cccc(CNC(=O)CC(=O)N[C@@H](Cc2ccc(C)cc2)B(O)O)c1. The second kappa shape index (κ2) is 10.5. The number of carbonyl (C=O) groups is 2. The van der Waals surface area contributed by atoms with Gasteiger partial charge < -0.3 is 25.4 Å². The number of benzene rings is 2. The molecular weight excluding hydrogens is 359 g/mol. The van der Waals surface area contributed by atoms with Crippen LogP contribution in [0.4, 0.5) is 0 Å². The quantitative estimate of drug-likeness (QED) is 0.377. The van der Waals surface area contributed by atoms with Crippen LogP contribution in [0.3, 0.4) is 0 Å². The molecule has 0 saturated carbocycles. The summed E-state index contributed by atoms with van der Waals surface area (Å²) in [4.78, 5) is 24.1. The number of hydrogen-bond acceptors (Lipinski definition) is 5. The Morgan fingerprint density at radius 2 is 1.79 bits per heavy atom. The van der Waals surface area contributed by atoms with Crippen LogP contribution >= 0.6 is 0 Å². The summed E-state index contributed by atoms with van der Waals surface area (Å²) in [6.07, 6.45) is -0.157. The lowest BCUT2D eigenvalue weighted by Gasteiger charge is -2.18. The van der Waals surface area contributed by atoms with Crippen molar-refractivity contribution in [1.82, 2.24) is 10.6 Å². The number of methoxy groups -OCH3 is 1. The molecule has 4 N–H and O–H groups in total. The first-order valence-corrected chi connectivity index (χ1v) is 8.98. The first-order valence-electron chi connectivity index (χ1n) is 8.98. The molecule has 0 bridgehead atoms. The van der Waals surface area contributed by atoms with E-state index in [0.717, 1.165) is 16.7 Å². The van der Waals surface area contributed by atoms with Crippen LogP contribution < -0.4 is 15.4 Å². The predicted molar refractivity (Wildman–Crippen MR) is 106 cm³/mol. The van der Waals surface area contributed by atoms with Crippen LogP contribution in [0, 0.1) is 6.92 Å². The summed E-state index contributed by atoms with van der Waals surface area (Å²) in [7, 11) is -0.171. The highest BCUT2D eigenvalue weighted by molar-refractivity contribution is 6.43. The molecule has 0 radical (unpaired) electrons. The van der Waals surface area contributed by atoms with E-state index in [0.29, 0.717) is 5.75 Å². The summed E-state index contributed by atoms with van der Waals surface area (Å²) in [5.41, 5.74) is 2.78. The molecule has 7 nitrogen and oxygen atoms in total. The standard InChI is InChI=1S/C20H25BN2O5/c1-14-6-8-15(9-7-14)11-18(21(26)27)23-20(25)12-19(24)22-13-16-4-3-5-17(10-16)28-2/h3-10,18,26-27H,11-13H2,1-2H3,(H,22,24)(H,23,25)/t18-/m0/s1. The largest absolute Gasteiger partial charge is 0.497 e. The van der Waals surface area contributed by atoms with Crippen molar-refractivity contribution >= 4 is 18.9 Å². The Bertz CT molecular complexity index is 795. The third kappa shape index (κ3) is 7.05. The van der Waals surface area contributed by atoms with E-state index >= 15 is 0 Å². The van der Waals surface area contributed by atoms with Gasteiger partial charge in [-0.2, -0.15) is 0 Å². The van der Waals surface area contributed by atoms with E-state index in [4.69, 9.17) is 4.74 Å². The first-order chi connectivity index (χ1) is 13.4. The van der Waals surface area contributed by atoms with Crippen LogP contribution in [-0.4, -0.2) is 42.0 Å². The molecule has 0 spiro atoms. The van der Waals surface area contributed by atoms with Crippen molar-refractivity contribution in [2.24, 2.45) is 0 Å². The Labute approximate surface area is 164 Å². The van der Waals surface area contributed by atoms with Gasteiger partial charge >= 0.3 is 7.12 Å². The Morgan fingerprint density at radius 1 is 1.07 bits per heavy atom. The maximum Gasteiger partial charge on any atom is 0.475 e. The molecule has 8 heteroatoms. The highest BCUT2D eigenvalue weighted by Crippen LogP contribution is 2.12. The van der Waals surface area contributed by atoms with E-state index in [-0.39, 0.29) is 13.0 Å². The molecule has 2 aromatic rings. The van der Waals surface area contributed by atoms with E-state index in [1.54, 1.807) is 19.2 Å². The summed E-state index contributed by atoms with van der Waals surface area (Å²) >= 11 is 0. The van der Waals surface area contributed by atoms with Gasteiger partial charge in [-0.15, -0.1) is 0 Å². The van der Waals surface area contributed by atoms with Gasteiger partial charge in [-0.05, 0) is 36.6 Å². The number of hydrogen-bond donors (Lipinski definition) is 4. The van der Waals surface area contributed by atoms with Gasteiger partial charge in [-0.25, -0.2) is 0 Å². The second-order valence-corrected chi connectivity index (χ2v) is 6.58. The zero-order chi connectivity index (χ0) is 20.5. The topological polar surface area (TPSA) is 108 Å². The third-order valence-corrected chi connectivity index (χ3v) is 4.23. The van der Waals surface area contributed by atoms with Crippen LogP contribution in [0.25, 0.3) is 0 Å². The van der Waals surface area contributed by atoms with Gasteiger partial charge in [0.1, 0.15) is 12.2 Å². The number of carbonyl (C=O) groups excluding carboxylic acids is 2. The summed E-state index contributed by atoms with van der Waals surface area (Å²) < 4.78 is 5.12. The molecule has 0 aliphatic carbocycles. The lowest BCUT2D eigenvalue weighted by Crippen LogP contribution is -2.48. The molecule has 0 saturated heterocycles. The van der Waals surface area contributed by atoms with Gasteiger partial charge in [-0.1, -0.05) is 42.0 Å². The number of rotatable bonds is 9. The molecule has 2 aromatic carbocycles. The van der Waals surface area contributed by atoms with Crippen molar-refractivity contribution in [3.05, 3.63) is 65.2 Å². The van der Waals surface area contributed by atoms with Crippen molar-refractivity contribution in [2.75, 3.05) is 7.11 Å². The molecule has 0 unspecified atom stereocenters. The molecular formula is C20H25BN2O5. The van der Waals surface area contributed by atoms with Crippen LogP contribution in [-0.2, 0) is 22.6 Å². The Hall–Kier alpha value is -2.84. The fourth-order valence-electron chi connectivity index (χ4n) is 2.66. The first kappa shape index (κ1) is 21.5. The Balaban J connectivity index is 1.83. The zero-order valence-electron chi connectivity index (χ0n) is 16.0. The molecule has 0 aromatic heterocycles. The predicted octanol–water partition coefficient (Wildman–Crippen LogP) is 0.749. The highest BCUT2D eigenvalue weighted by atomic mass is 16.5. The molecule has 0 fully saturated rings. The molecule has 2 rings (SSSR count). The average Bonchev–Trinajstić information content (AvgIpc) is 2.67. The van der Waals surface area contributed by atoms with Crippen molar-refractivity contribution < 1.29 is 24.4 Å². The van der Waals surface area contributed by atoms with Crippen LogP contribution in [0.1, 0.15) is 23.1 Å². The Kier molecular flexibility index (Phi) is 8.04. The van der Waals surface area contributed by atoms with Crippen molar-refractivity contribution in [2.45, 2.75) is 32.3 Å². The van der Waals surface area contributed by atoms with Crippen molar-refractivity contribution in [1.29, 1.82) is 0 Å². The molecule has 28 heavy (non-hydrogen) atoms. The maximum atomic E-state index is 12.1. The van der Waals surface area contributed by atoms with Crippen LogP contribution in [0.2, 0.25) is 0 Å². The number of amides is 2. The molecule has 148 valence electrons. The summed E-state index contributed by atoms with van der Waals surface area (Å²) in [6, 6.07) is 14.8. The van der Waals surface area contributed by atoms with Gasteiger partial charge in [-0.3, -0.25) is 9.59 Å². The zero-order valence-corrected chi connectivity index (χ0v) is 16.0. The molecule has 0 aliphatic rings. The summed E-state index contributed by atoms with van der Waals surface area (Å²) in [5, 5.41) is 24.2.